The second-order valence-corrected chi connectivity index (χ2v) is 5.04. The number of aliphatic carboxylic acids is 1. The zero-order valence-corrected chi connectivity index (χ0v) is 11.1. The summed E-state index contributed by atoms with van der Waals surface area (Å²) >= 11 is 0. The van der Waals surface area contributed by atoms with Crippen LogP contribution in [0.4, 0.5) is 4.39 Å². The van der Waals surface area contributed by atoms with Crippen LogP contribution >= 0.6 is 0 Å². The van der Waals surface area contributed by atoms with E-state index in [0.29, 0.717) is 24.6 Å². The molecule has 0 fully saturated rings. The van der Waals surface area contributed by atoms with Crippen molar-refractivity contribution in [1.29, 1.82) is 0 Å². The summed E-state index contributed by atoms with van der Waals surface area (Å²) in [5.74, 6) is -0.673. The molecule has 0 aliphatic carbocycles. The van der Waals surface area contributed by atoms with Crippen LogP contribution in [0, 0.1) is 18.7 Å². The second-order valence-electron chi connectivity index (χ2n) is 5.04. The zero-order valence-electron chi connectivity index (χ0n) is 11.1. The summed E-state index contributed by atoms with van der Waals surface area (Å²) in [6.07, 6.45) is 0. The van der Waals surface area contributed by atoms with E-state index in [1.165, 1.54) is 6.07 Å². The smallest absolute Gasteiger partial charge is 0.317 e. The minimum Gasteiger partial charge on any atom is -0.480 e. The third-order valence-electron chi connectivity index (χ3n) is 2.61. The number of rotatable bonds is 6. The molecular formula is C14H20FNO2. The highest BCUT2D eigenvalue weighted by atomic mass is 19.1. The monoisotopic (exact) mass is 253 g/mol. The van der Waals surface area contributed by atoms with E-state index in [4.69, 9.17) is 5.11 Å². The molecule has 4 heteroatoms. The summed E-state index contributed by atoms with van der Waals surface area (Å²) in [5.41, 5.74) is 1.53. The molecular weight excluding hydrogens is 233 g/mol. The second kappa shape index (κ2) is 6.50. The van der Waals surface area contributed by atoms with Crippen LogP contribution in [0.1, 0.15) is 25.0 Å². The standard InChI is InChI=1S/C14H20FNO2/c1-10(2)7-16(9-14(17)18)8-12-4-5-13(15)11(3)6-12/h4-6,10H,7-9H2,1-3H3,(H,17,18). The lowest BCUT2D eigenvalue weighted by Crippen LogP contribution is -2.32. The quantitative estimate of drug-likeness (QED) is 0.847. The minimum absolute atomic E-state index is 0.00854. The first-order valence-corrected chi connectivity index (χ1v) is 6.07. The molecule has 0 aliphatic rings. The maximum absolute atomic E-state index is 13.1. The summed E-state index contributed by atoms with van der Waals surface area (Å²) in [7, 11) is 0. The molecule has 1 aromatic rings. The Hall–Kier alpha value is -1.42. The molecule has 3 nitrogen and oxygen atoms in total. The van der Waals surface area contributed by atoms with Gasteiger partial charge in [0.15, 0.2) is 0 Å². The number of nitrogens with zero attached hydrogens (tertiary/aromatic N) is 1. The molecule has 0 radical (unpaired) electrons. The largest absolute Gasteiger partial charge is 0.480 e. The first kappa shape index (κ1) is 14.6. The predicted octanol–water partition coefficient (Wildman–Crippen LogP) is 2.68. The number of carboxylic acid groups (broad SMARTS) is 1. The van der Waals surface area contributed by atoms with Gasteiger partial charge in [-0.15, -0.1) is 0 Å². The summed E-state index contributed by atoms with van der Waals surface area (Å²) in [4.78, 5) is 12.7. The highest BCUT2D eigenvalue weighted by Gasteiger charge is 2.12. The van der Waals surface area contributed by atoms with E-state index in [0.717, 1.165) is 5.56 Å². The number of halogens is 1. The van der Waals surface area contributed by atoms with Crippen molar-refractivity contribution < 1.29 is 14.3 Å². The van der Waals surface area contributed by atoms with Gasteiger partial charge in [0, 0.05) is 13.1 Å². The lowest BCUT2D eigenvalue weighted by Gasteiger charge is -2.22. The molecule has 18 heavy (non-hydrogen) atoms. The van der Waals surface area contributed by atoms with Crippen LogP contribution in [0.2, 0.25) is 0 Å². The van der Waals surface area contributed by atoms with E-state index in [1.807, 2.05) is 18.7 Å². The Balaban J connectivity index is 2.74. The Labute approximate surface area is 107 Å². The molecule has 0 unspecified atom stereocenters. The minimum atomic E-state index is -0.838. The van der Waals surface area contributed by atoms with Gasteiger partial charge in [0.05, 0.1) is 6.54 Å². The van der Waals surface area contributed by atoms with Crippen molar-refractivity contribution in [2.24, 2.45) is 5.92 Å². The van der Waals surface area contributed by atoms with Gasteiger partial charge in [-0.3, -0.25) is 9.69 Å². The number of hydrogen-bond acceptors (Lipinski definition) is 2. The Morgan fingerprint density at radius 1 is 1.44 bits per heavy atom. The highest BCUT2D eigenvalue weighted by molar-refractivity contribution is 5.69. The van der Waals surface area contributed by atoms with Crippen molar-refractivity contribution in [3.05, 3.63) is 35.1 Å². The van der Waals surface area contributed by atoms with Gasteiger partial charge in [-0.2, -0.15) is 0 Å². The summed E-state index contributed by atoms with van der Waals surface area (Å²) in [5, 5.41) is 8.87. The number of carbonyl (C=O) groups is 1. The van der Waals surface area contributed by atoms with Gasteiger partial charge in [-0.05, 0) is 30.0 Å². The number of hydrogen-bond donors (Lipinski definition) is 1. The normalized spacial score (nSPS) is 11.2. The van der Waals surface area contributed by atoms with Crippen molar-refractivity contribution in [1.82, 2.24) is 4.90 Å². The van der Waals surface area contributed by atoms with Gasteiger partial charge < -0.3 is 5.11 Å². The van der Waals surface area contributed by atoms with Gasteiger partial charge in [-0.1, -0.05) is 26.0 Å². The van der Waals surface area contributed by atoms with Gasteiger partial charge in [0.1, 0.15) is 5.82 Å². The van der Waals surface area contributed by atoms with Crippen molar-refractivity contribution in [2.45, 2.75) is 27.3 Å². The van der Waals surface area contributed by atoms with Crippen molar-refractivity contribution in [2.75, 3.05) is 13.1 Å². The third-order valence-corrected chi connectivity index (χ3v) is 2.61. The molecule has 0 saturated heterocycles. The average Bonchev–Trinajstić information content (AvgIpc) is 2.21. The Morgan fingerprint density at radius 3 is 2.61 bits per heavy atom. The van der Waals surface area contributed by atoms with Gasteiger partial charge in [0.2, 0.25) is 0 Å². The van der Waals surface area contributed by atoms with Crippen LogP contribution in [-0.4, -0.2) is 29.1 Å². The summed E-state index contributed by atoms with van der Waals surface area (Å²) in [6, 6.07) is 4.90. The van der Waals surface area contributed by atoms with Gasteiger partial charge in [-0.25, -0.2) is 4.39 Å². The molecule has 0 atom stereocenters. The average molecular weight is 253 g/mol. The lowest BCUT2D eigenvalue weighted by atomic mass is 10.1. The maximum atomic E-state index is 13.1. The summed E-state index contributed by atoms with van der Waals surface area (Å²) in [6.45, 7) is 7.06. The van der Waals surface area contributed by atoms with E-state index in [2.05, 4.69) is 0 Å². The van der Waals surface area contributed by atoms with Gasteiger partial charge >= 0.3 is 5.97 Å². The van der Waals surface area contributed by atoms with Crippen LogP contribution in [0.15, 0.2) is 18.2 Å². The van der Waals surface area contributed by atoms with Crippen LogP contribution < -0.4 is 0 Å². The molecule has 0 heterocycles. The molecule has 1 N–H and O–H groups in total. The van der Waals surface area contributed by atoms with E-state index in [-0.39, 0.29) is 12.4 Å². The molecule has 0 amide bonds. The van der Waals surface area contributed by atoms with Crippen LogP contribution in [0.25, 0.3) is 0 Å². The van der Waals surface area contributed by atoms with E-state index in [1.54, 1.807) is 19.1 Å². The van der Waals surface area contributed by atoms with Crippen molar-refractivity contribution >= 4 is 5.97 Å². The van der Waals surface area contributed by atoms with E-state index in [9.17, 15) is 9.18 Å². The van der Waals surface area contributed by atoms with Crippen LogP contribution in [0.3, 0.4) is 0 Å². The zero-order chi connectivity index (χ0) is 13.7. The molecule has 0 spiro atoms. The van der Waals surface area contributed by atoms with Crippen LogP contribution in [0.5, 0.6) is 0 Å². The lowest BCUT2D eigenvalue weighted by molar-refractivity contribution is -0.138. The van der Waals surface area contributed by atoms with E-state index >= 15 is 0 Å². The van der Waals surface area contributed by atoms with Gasteiger partial charge in [0.25, 0.3) is 0 Å². The maximum Gasteiger partial charge on any atom is 0.317 e. The Morgan fingerprint density at radius 2 is 2.11 bits per heavy atom. The molecule has 0 aromatic heterocycles. The van der Waals surface area contributed by atoms with Crippen molar-refractivity contribution in [3.63, 3.8) is 0 Å². The molecule has 0 saturated carbocycles. The molecule has 100 valence electrons. The fourth-order valence-corrected chi connectivity index (χ4v) is 1.96. The number of carboxylic acids is 1. The number of aryl methyl sites for hydroxylation is 1. The third kappa shape index (κ3) is 4.84. The topological polar surface area (TPSA) is 40.5 Å². The van der Waals surface area contributed by atoms with Crippen molar-refractivity contribution in [3.8, 4) is 0 Å². The summed E-state index contributed by atoms with van der Waals surface area (Å²) < 4.78 is 13.1. The highest BCUT2D eigenvalue weighted by Crippen LogP contribution is 2.12. The molecule has 0 aliphatic heterocycles. The first-order valence-electron chi connectivity index (χ1n) is 6.07. The SMILES string of the molecule is Cc1cc(CN(CC(=O)O)CC(C)C)ccc1F. The Bertz CT molecular complexity index is 418. The molecule has 0 bridgehead atoms. The fourth-order valence-electron chi connectivity index (χ4n) is 1.96. The number of benzene rings is 1. The van der Waals surface area contributed by atoms with E-state index < -0.39 is 5.97 Å². The predicted molar refractivity (Wildman–Crippen MR) is 68.9 cm³/mol. The Kier molecular flexibility index (Phi) is 5.28. The molecule has 1 aromatic carbocycles. The fraction of sp³-hybridized carbons (Fsp3) is 0.500. The molecule has 1 rings (SSSR count). The van der Waals surface area contributed by atoms with Crippen LogP contribution in [-0.2, 0) is 11.3 Å². The first-order chi connectivity index (χ1) is 8.38.